The first kappa shape index (κ1) is 9.90. The fourth-order valence-corrected chi connectivity index (χ4v) is 2.31. The van der Waals surface area contributed by atoms with Gasteiger partial charge in [-0.1, -0.05) is 13.8 Å². The smallest absolute Gasteiger partial charge is 0.130 e. The van der Waals surface area contributed by atoms with Crippen molar-refractivity contribution in [1.29, 1.82) is 0 Å². The molecular weight excluding hydrogens is 242 g/mol. The van der Waals surface area contributed by atoms with Gasteiger partial charge < -0.3 is 5.32 Å². The highest BCUT2D eigenvalue weighted by atomic mass is 79.9. The minimum atomic E-state index is 0.502. The molecule has 76 valence electrons. The van der Waals surface area contributed by atoms with Crippen LogP contribution in [-0.4, -0.2) is 16.0 Å². The molecule has 0 atom stereocenters. The zero-order valence-electron chi connectivity index (χ0n) is 8.42. The maximum atomic E-state index is 4.16. The van der Waals surface area contributed by atoms with E-state index in [1.54, 1.807) is 6.33 Å². The molecule has 1 fully saturated rings. The van der Waals surface area contributed by atoms with Crippen molar-refractivity contribution in [2.75, 3.05) is 5.32 Å². The zero-order chi connectivity index (χ0) is 10.2. The number of nitrogens with zero attached hydrogens (tertiary/aromatic N) is 2. The number of nitrogens with one attached hydrogen (secondary N) is 1. The predicted octanol–water partition coefficient (Wildman–Crippen LogP) is 2.84. The first-order valence-corrected chi connectivity index (χ1v) is 5.59. The Morgan fingerprint density at radius 1 is 1.43 bits per heavy atom. The Bertz CT molecular complexity index is 330. The predicted molar refractivity (Wildman–Crippen MR) is 60.2 cm³/mol. The number of anilines is 1. The molecule has 0 aliphatic heterocycles. The highest BCUT2D eigenvalue weighted by Crippen LogP contribution is 2.41. The van der Waals surface area contributed by atoms with Crippen LogP contribution in [0.25, 0.3) is 0 Å². The monoisotopic (exact) mass is 255 g/mol. The van der Waals surface area contributed by atoms with E-state index in [1.807, 2.05) is 6.07 Å². The van der Waals surface area contributed by atoms with Crippen LogP contribution in [0.15, 0.2) is 17.0 Å². The van der Waals surface area contributed by atoms with Gasteiger partial charge in [0.25, 0.3) is 0 Å². The number of rotatable bonds is 2. The van der Waals surface area contributed by atoms with Crippen LogP contribution in [0.3, 0.4) is 0 Å². The first-order chi connectivity index (χ1) is 6.55. The van der Waals surface area contributed by atoms with E-state index in [-0.39, 0.29) is 0 Å². The Balaban J connectivity index is 1.93. The summed E-state index contributed by atoms with van der Waals surface area (Å²) < 4.78 is 0.827. The third kappa shape index (κ3) is 2.23. The topological polar surface area (TPSA) is 37.8 Å². The van der Waals surface area contributed by atoms with Gasteiger partial charge in [-0.05, 0) is 34.2 Å². The second kappa shape index (κ2) is 3.50. The fourth-order valence-electron chi connectivity index (χ4n) is 2.00. The Kier molecular flexibility index (Phi) is 2.47. The first-order valence-electron chi connectivity index (χ1n) is 4.79. The Morgan fingerprint density at radius 3 is 2.71 bits per heavy atom. The lowest BCUT2D eigenvalue weighted by atomic mass is 9.68. The van der Waals surface area contributed by atoms with Gasteiger partial charge in [0, 0.05) is 12.1 Å². The molecular formula is C10H14BrN3. The molecule has 0 radical (unpaired) electrons. The van der Waals surface area contributed by atoms with E-state index in [4.69, 9.17) is 0 Å². The molecule has 0 amide bonds. The van der Waals surface area contributed by atoms with Crippen molar-refractivity contribution >= 4 is 21.7 Å². The van der Waals surface area contributed by atoms with Crippen LogP contribution in [0.4, 0.5) is 5.82 Å². The van der Waals surface area contributed by atoms with Crippen LogP contribution in [0, 0.1) is 5.41 Å². The molecule has 2 rings (SSSR count). The summed E-state index contributed by atoms with van der Waals surface area (Å²) in [5.41, 5.74) is 0.502. The van der Waals surface area contributed by atoms with Crippen LogP contribution >= 0.6 is 15.9 Å². The van der Waals surface area contributed by atoms with E-state index in [0.717, 1.165) is 10.4 Å². The number of hydrogen-bond acceptors (Lipinski definition) is 3. The summed E-state index contributed by atoms with van der Waals surface area (Å²) >= 11 is 3.32. The van der Waals surface area contributed by atoms with Crippen LogP contribution in [0.5, 0.6) is 0 Å². The second-order valence-corrected chi connectivity index (χ2v) is 5.45. The third-order valence-corrected chi connectivity index (χ3v) is 3.02. The molecule has 0 bridgehead atoms. The normalized spacial score (nSPS) is 20.2. The van der Waals surface area contributed by atoms with Crippen LogP contribution in [-0.2, 0) is 0 Å². The van der Waals surface area contributed by atoms with Gasteiger partial charge in [-0.3, -0.25) is 0 Å². The van der Waals surface area contributed by atoms with Gasteiger partial charge in [0.2, 0.25) is 0 Å². The van der Waals surface area contributed by atoms with Crippen molar-refractivity contribution in [2.24, 2.45) is 5.41 Å². The lowest BCUT2D eigenvalue weighted by molar-refractivity contribution is 0.167. The van der Waals surface area contributed by atoms with Crippen LogP contribution in [0.1, 0.15) is 26.7 Å². The second-order valence-electron chi connectivity index (χ2n) is 4.64. The lowest BCUT2D eigenvalue weighted by Gasteiger charge is -2.43. The van der Waals surface area contributed by atoms with Crippen molar-refractivity contribution in [3.05, 3.63) is 17.0 Å². The van der Waals surface area contributed by atoms with Gasteiger partial charge in [-0.15, -0.1) is 0 Å². The molecule has 1 aliphatic carbocycles. The Labute approximate surface area is 92.5 Å². The van der Waals surface area contributed by atoms with Crippen molar-refractivity contribution in [1.82, 2.24) is 9.97 Å². The average Bonchev–Trinajstić information content (AvgIpc) is 2.00. The standard InChI is InChI=1S/C10H14BrN3/c1-10(2)4-7(5-10)14-9-3-8(11)12-6-13-9/h3,6-7H,4-5H2,1-2H3,(H,12,13,14). The summed E-state index contributed by atoms with van der Waals surface area (Å²) in [6.45, 7) is 4.59. The summed E-state index contributed by atoms with van der Waals surface area (Å²) in [7, 11) is 0. The SMILES string of the molecule is CC1(C)CC(Nc2cc(Br)ncn2)C1. The molecule has 0 spiro atoms. The molecule has 14 heavy (non-hydrogen) atoms. The summed E-state index contributed by atoms with van der Waals surface area (Å²) in [6.07, 6.45) is 4.00. The summed E-state index contributed by atoms with van der Waals surface area (Å²) in [5.74, 6) is 0.910. The average molecular weight is 256 g/mol. The quantitative estimate of drug-likeness (QED) is 0.827. The van der Waals surface area contributed by atoms with E-state index in [1.165, 1.54) is 12.8 Å². The van der Waals surface area contributed by atoms with E-state index >= 15 is 0 Å². The van der Waals surface area contributed by atoms with Gasteiger partial charge in [-0.2, -0.15) is 0 Å². The molecule has 4 heteroatoms. The third-order valence-electron chi connectivity index (χ3n) is 2.58. The van der Waals surface area contributed by atoms with Crippen molar-refractivity contribution < 1.29 is 0 Å². The van der Waals surface area contributed by atoms with Gasteiger partial charge in [-0.25, -0.2) is 9.97 Å². The molecule has 1 aromatic rings. The Morgan fingerprint density at radius 2 is 2.14 bits per heavy atom. The lowest BCUT2D eigenvalue weighted by Crippen LogP contribution is -2.41. The van der Waals surface area contributed by atoms with Gasteiger partial charge in [0.15, 0.2) is 0 Å². The molecule has 3 nitrogen and oxygen atoms in total. The molecule has 1 aliphatic rings. The summed E-state index contributed by atoms with van der Waals surface area (Å²) in [4.78, 5) is 8.14. The zero-order valence-corrected chi connectivity index (χ0v) is 10.0. The highest BCUT2D eigenvalue weighted by molar-refractivity contribution is 9.10. The molecule has 0 saturated heterocycles. The van der Waals surface area contributed by atoms with E-state index in [2.05, 4.69) is 45.1 Å². The van der Waals surface area contributed by atoms with E-state index in [0.29, 0.717) is 11.5 Å². The van der Waals surface area contributed by atoms with Crippen molar-refractivity contribution in [3.63, 3.8) is 0 Å². The minimum absolute atomic E-state index is 0.502. The maximum absolute atomic E-state index is 4.16. The van der Waals surface area contributed by atoms with Crippen LogP contribution < -0.4 is 5.32 Å². The fraction of sp³-hybridized carbons (Fsp3) is 0.600. The number of aromatic nitrogens is 2. The molecule has 1 heterocycles. The molecule has 1 aromatic heterocycles. The van der Waals surface area contributed by atoms with E-state index < -0.39 is 0 Å². The molecule has 1 saturated carbocycles. The van der Waals surface area contributed by atoms with Gasteiger partial charge >= 0.3 is 0 Å². The highest BCUT2D eigenvalue weighted by Gasteiger charge is 2.35. The maximum Gasteiger partial charge on any atom is 0.130 e. The largest absolute Gasteiger partial charge is 0.367 e. The molecule has 0 aromatic carbocycles. The van der Waals surface area contributed by atoms with Crippen LogP contribution in [0.2, 0.25) is 0 Å². The van der Waals surface area contributed by atoms with Gasteiger partial charge in [0.1, 0.15) is 16.7 Å². The summed E-state index contributed by atoms with van der Waals surface area (Å²) in [6, 6.07) is 2.48. The van der Waals surface area contributed by atoms with Gasteiger partial charge in [0.05, 0.1) is 0 Å². The van der Waals surface area contributed by atoms with Crippen molar-refractivity contribution in [3.8, 4) is 0 Å². The van der Waals surface area contributed by atoms with E-state index in [9.17, 15) is 0 Å². The molecule has 1 N–H and O–H groups in total. The minimum Gasteiger partial charge on any atom is -0.367 e. The number of halogens is 1. The summed E-state index contributed by atoms with van der Waals surface area (Å²) in [5, 5.41) is 3.39. The number of hydrogen-bond donors (Lipinski definition) is 1. The molecule has 0 unspecified atom stereocenters. The Hall–Kier alpha value is -0.640. The van der Waals surface area contributed by atoms with Crippen molar-refractivity contribution in [2.45, 2.75) is 32.7 Å².